The maximum atomic E-state index is 9.67. The first-order valence-electron chi connectivity index (χ1n) is 9.63. The van der Waals surface area contributed by atoms with E-state index >= 15 is 0 Å². The number of unbranched alkanes of at least 4 members (excludes halogenated alkanes) is 2. The molecule has 2 nitrogen and oxygen atoms in total. The fraction of sp³-hybridized carbons (Fsp3) is 0.652. The second kappa shape index (κ2) is 12.1. The molecule has 0 heterocycles. The molecule has 2 heteroatoms. The first kappa shape index (κ1) is 23.7. The Hall–Kier alpha value is -1.28. The second-order valence-corrected chi connectivity index (χ2v) is 8.35. The highest BCUT2D eigenvalue weighted by atomic mass is 16.5. The van der Waals surface area contributed by atoms with Crippen molar-refractivity contribution >= 4 is 6.08 Å². The van der Waals surface area contributed by atoms with Gasteiger partial charge in [0.1, 0.15) is 5.75 Å². The van der Waals surface area contributed by atoms with Crippen LogP contribution in [0.15, 0.2) is 24.3 Å². The van der Waals surface area contributed by atoms with Gasteiger partial charge >= 0.3 is 0 Å². The van der Waals surface area contributed by atoms with Gasteiger partial charge in [-0.15, -0.1) is 0 Å². The van der Waals surface area contributed by atoms with Gasteiger partial charge in [0, 0.05) is 5.56 Å². The van der Waals surface area contributed by atoms with Crippen molar-refractivity contribution in [2.75, 3.05) is 7.11 Å². The van der Waals surface area contributed by atoms with E-state index in [2.05, 4.69) is 58.9 Å². The van der Waals surface area contributed by atoms with E-state index in [4.69, 9.17) is 4.74 Å². The van der Waals surface area contributed by atoms with Crippen molar-refractivity contribution in [2.45, 2.75) is 85.7 Å². The minimum Gasteiger partial charge on any atom is -0.496 e. The number of aliphatic hydroxyl groups is 1. The van der Waals surface area contributed by atoms with Crippen molar-refractivity contribution in [3.63, 3.8) is 0 Å². The summed E-state index contributed by atoms with van der Waals surface area (Å²) in [5.74, 6) is 2.28. The average molecular weight is 349 g/mol. The zero-order valence-electron chi connectivity index (χ0n) is 17.7. The Morgan fingerprint density at radius 2 is 1.68 bits per heavy atom. The summed E-state index contributed by atoms with van der Waals surface area (Å²) in [7, 11) is 1.71. The van der Waals surface area contributed by atoms with Gasteiger partial charge in [0.2, 0.25) is 0 Å². The molecule has 0 aliphatic carbocycles. The number of rotatable bonds is 8. The van der Waals surface area contributed by atoms with Gasteiger partial charge in [0.05, 0.1) is 12.7 Å². The third-order valence-corrected chi connectivity index (χ3v) is 3.63. The molecule has 1 aromatic rings. The van der Waals surface area contributed by atoms with Gasteiger partial charge < -0.3 is 9.84 Å². The van der Waals surface area contributed by atoms with Gasteiger partial charge in [-0.25, -0.2) is 0 Å². The zero-order valence-corrected chi connectivity index (χ0v) is 17.7. The van der Waals surface area contributed by atoms with Gasteiger partial charge in [0.25, 0.3) is 0 Å². The van der Waals surface area contributed by atoms with Crippen molar-refractivity contribution < 1.29 is 9.84 Å². The van der Waals surface area contributed by atoms with Crippen LogP contribution in [0.3, 0.4) is 0 Å². The Morgan fingerprint density at radius 3 is 2.16 bits per heavy atom. The minimum atomic E-state index is -0.543. The molecular formula is C23H40O2. The molecule has 0 spiro atoms. The Balaban J connectivity index is 0.00000129. The van der Waals surface area contributed by atoms with E-state index in [-0.39, 0.29) is 0 Å². The fourth-order valence-electron chi connectivity index (χ4n) is 2.27. The summed E-state index contributed by atoms with van der Waals surface area (Å²) in [5, 5.41) is 9.67. The molecule has 1 rings (SSSR count). The lowest BCUT2D eigenvalue weighted by Gasteiger charge is -2.15. The summed E-state index contributed by atoms with van der Waals surface area (Å²) >= 11 is 0. The summed E-state index contributed by atoms with van der Waals surface area (Å²) in [6.07, 6.45) is 8.39. The molecule has 0 saturated heterocycles. The topological polar surface area (TPSA) is 29.5 Å². The molecule has 1 N–H and O–H groups in total. The van der Waals surface area contributed by atoms with Crippen LogP contribution in [0.25, 0.3) is 6.08 Å². The highest BCUT2D eigenvalue weighted by molar-refractivity contribution is 5.58. The fourth-order valence-corrected chi connectivity index (χ4v) is 2.27. The molecule has 0 atom stereocenters. The van der Waals surface area contributed by atoms with Crippen molar-refractivity contribution in [1.29, 1.82) is 0 Å². The predicted molar refractivity (Wildman–Crippen MR) is 111 cm³/mol. The molecule has 0 bridgehead atoms. The number of ether oxygens (including phenoxy) is 1. The van der Waals surface area contributed by atoms with Crippen LogP contribution in [-0.2, 0) is 0 Å². The monoisotopic (exact) mass is 348 g/mol. The van der Waals surface area contributed by atoms with Gasteiger partial charge in [-0.1, -0.05) is 59.3 Å². The van der Waals surface area contributed by atoms with Gasteiger partial charge in [0.15, 0.2) is 0 Å². The minimum absolute atomic E-state index is 0.523. The van der Waals surface area contributed by atoms with Crippen LogP contribution in [0.5, 0.6) is 5.75 Å². The van der Waals surface area contributed by atoms with Crippen LogP contribution in [0.2, 0.25) is 0 Å². The number of hydrogen-bond acceptors (Lipinski definition) is 2. The van der Waals surface area contributed by atoms with Crippen LogP contribution >= 0.6 is 0 Å². The van der Waals surface area contributed by atoms with Crippen LogP contribution < -0.4 is 4.74 Å². The van der Waals surface area contributed by atoms with E-state index < -0.39 is 5.60 Å². The Labute approximate surface area is 156 Å². The normalized spacial score (nSPS) is 11.8. The molecule has 0 aromatic heterocycles. The molecule has 25 heavy (non-hydrogen) atoms. The van der Waals surface area contributed by atoms with Gasteiger partial charge in [-0.2, -0.15) is 0 Å². The lowest BCUT2D eigenvalue weighted by Crippen LogP contribution is -2.17. The quantitative estimate of drug-likeness (QED) is 0.522. The van der Waals surface area contributed by atoms with E-state index in [1.807, 2.05) is 19.9 Å². The molecule has 0 fully saturated rings. The number of methoxy groups -OCH3 is 1. The highest BCUT2D eigenvalue weighted by Gasteiger charge is 2.10. The van der Waals surface area contributed by atoms with E-state index in [0.717, 1.165) is 42.9 Å². The highest BCUT2D eigenvalue weighted by Crippen LogP contribution is 2.25. The SMILES string of the molecule is CC(C)C.COc1ccc(C(C)C)cc1/C=C/CCCCC(C)(C)O. The summed E-state index contributed by atoms with van der Waals surface area (Å²) in [5.41, 5.74) is 1.93. The van der Waals surface area contributed by atoms with E-state index in [0.29, 0.717) is 5.92 Å². The summed E-state index contributed by atoms with van der Waals surface area (Å²) in [4.78, 5) is 0. The maximum Gasteiger partial charge on any atom is 0.126 e. The third kappa shape index (κ3) is 12.7. The van der Waals surface area contributed by atoms with Crippen LogP contribution in [0.4, 0.5) is 0 Å². The molecule has 0 aliphatic heterocycles. The van der Waals surface area contributed by atoms with E-state index in [1.54, 1.807) is 7.11 Å². The molecule has 0 unspecified atom stereocenters. The maximum absolute atomic E-state index is 9.67. The van der Waals surface area contributed by atoms with Crippen molar-refractivity contribution in [1.82, 2.24) is 0 Å². The Morgan fingerprint density at radius 1 is 1.08 bits per heavy atom. The Bertz CT molecular complexity index is 491. The van der Waals surface area contributed by atoms with E-state index in [1.165, 1.54) is 5.56 Å². The average Bonchev–Trinajstić information content (AvgIpc) is 2.48. The van der Waals surface area contributed by atoms with E-state index in [9.17, 15) is 5.11 Å². The molecule has 0 saturated carbocycles. The van der Waals surface area contributed by atoms with Crippen LogP contribution in [0, 0.1) is 5.92 Å². The van der Waals surface area contributed by atoms with Crippen molar-refractivity contribution in [2.24, 2.45) is 5.92 Å². The molecule has 0 amide bonds. The molecule has 0 radical (unpaired) electrons. The first-order chi connectivity index (χ1) is 11.6. The standard InChI is InChI=1S/C19H30O2.C4H10/c1-15(2)16-11-12-18(21-5)17(14-16)10-8-6-7-9-13-19(3,4)20;1-4(2)3/h8,10-12,14-15,20H,6-7,9,13H2,1-5H3;4H,1-3H3/b10-8+;. The van der Waals surface area contributed by atoms with Crippen LogP contribution in [0.1, 0.15) is 91.2 Å². The lowest BCUT2D eigenvalue weighted by atomic mass is 9.99. The molecule has 0 aliphatic rings. The lowest BCUT2D eigenvalue weighted by molar-refractivity contribution is 0.0683. The second-order valence-electron chi connectivity index (χ2n) is 8.35. The number of benzene rings is 1. The zero-order chi connectivity index (χ0) is 19.5. The molecular weight excluding hydrogens is 308 g/mol. The van der Waals surface area contributed by atoms with Crippen molar-refractivity contribution in [3.05, 3.63) is 35.4 Å². The Kier molecular flexibility index (Phi) is 11.5. The van der Waals surface area contributed by atoms with Gasteiger partial charge in [-0.3, -0.25) is 0 Å². The molecule has 1 aromatic carbocycles. The smallest absolute Gasteiger partial charge is 0.126 e. The number of allylic oxidation sites excluding steroid dienone is 1. The first-order valence-corrected chi connectivity index (χ1v) is 9.63. The van der Waals surface area contributed by atoms with Crippen LogP contribution in [-0.4, -0.2) is 17.8 Å². The summed E-state index contributed by atoms with van der Waals surface area (Å²) in [6, 6.07) is 6.38. The van der Waals surface area contributed by atoms with Crippen molar-refractivity contribution in [3.8, 4) is 5.75 Å². The predicted octanol–water partition coefficient (Wildman–Crippen LogP) is 6.83. The summed E-state index contributed by atoms with van der Waals surface area (Å²) in [6.45, 7) is 14.6. The third-order valence-electron chi connectivity index (χ3n) is 3.63. The molecule has 144 valence electrons. The number of hydrogen-bond donors (Lipinski definition) is 1. The van der Waals surface area contributed by atoms with Gasteiger partial charge in [-0.05, 0) is 62.6 Å². The summed E-state index contributed by atoms with van der Waals surface area (Å²) < 4.78 is 5.42. The largest absolute Gasteiger partial charge is 0.496 e.